The van der Waals surface area contributed by atoms with Crippen LogP contribution in [0.15, 0.2) is 60.8 Å². The van der Waals surface area contributed by atoms with Crippen LogP contribution in [0.4, 0.5) is 0 Å². The summed E-state index contributed by atoms with van der Waals surface area (Å²) < 4.78 is 16.7. The maximum atomic E-state index is 13.0. The summed E-state index contributed by atoms with van der Waals surface area (Å²) in [5.41, 5.74) is 0. The molecule has 11 nitrogen and oxygen atoms in total. The van der Waals surface area contributed by atoms with Gasteiger partial charge < -0.3 is 45.1 Å². The standard InChI is InChI=1S/C70H127NO10/c1-3-5-7-9-11-13-15-16-35-38-42-46-50-54-58-66(75)79-59-55-51-47-43-39-36-33-31-29-27-25-23-21-19-17-18-20-22-24-26-28-30-32-34-37-41-45-49-53-57-65(74)71-62(61-80-70-69(78)68(77)67(76)64(60-72)81-70)63(73)56-52-48-44-40-14-12-10-8-6-4-2/h6,8,14,17,19,23,25,40,52,56,62-64,67-70,72-73,76-78H,3-5,7,9-13,15-16,18,20-22,24,26-39,41-51,53-55,57-61H2,1-2H3,(H,71,74)/b8-6+,19-17-,25-23-,40-14+,56-52+. The van der Waals surface area contributed by atoms with Crippen LogP contribution in [0, 0.1) is 0 Å². The Kier molecular flexibility index (Phi) is 55.7. The molecule has 7 unspecified atom stereocenters. The number of unbranched alkanes of at least 4 members (excludes halogenated alkanes) is 37. The molecule has 1 fully saturated rings. The first-order valence-electron chi connectivity index (χ1n) is 34.1. The molecule has 1 aliphatic rings. The Morgan fingerprint density at radius 1 is 0.469 bits per heavy atom. The van der Waals surface area contributed by atoms with Gasteiger partial charge in [0.05, 0.1) is 32.0 Å². The summed E-state index contributed by atoms with van der Waals surface area (Å²) in [6.45, 7) is 4.21. The minimum atomic E-state index is -1.58. The highest BCUT2D eigenvalue weighted by Crippen LogP contribution is 2.23. The maximum Gasteiger partial charge on any atom is 0.305 e. The summed E-state index contributed by atoms with van der Waals surface area (Å²) in [5, 5.41) is 54.3. The minimum absolute atomic E-state index is 0.00477. The number of hydrogen-bond acceptors (Lipinski definition) is 10. The quantitative estimate of drug-likeness (QED) is 0.0195. The van der Waals surface area contributed by atoms with Crippen LogP contribution in [-0.2, 0) is 23.8 Å². The smallest absolute Gasteiger partial charge is 0.305 e. The van der Waals surface area contributed by atoms with E-state index >= 15 is 0 Å². The molecule has 0 aromatic rings. The molecule has 0 saturated carbocycles. The Morgan fingerprint density at radius 3 is 1.35 bits per heavy atom. The van der Waals surface area contributed by atoms with Gasteiger partial charge in [0.15, 0.2) is 6.29 Å². The number of hydrogen-bond donors (Lipinski definition) is 6. The summed E-state index contributed by atoms with van der Waals surface area (Å²) in [6, 6.07) is -0.835. The second kappa shape index (κ2) is 59.1. The molecule has 11 heteroatoms. The zero-order valence-electron chi connectivity index (χ0n) is 52.2. The van der Waals surface area contributed by atoms with E-state index in [0.29, 0.717) is 19.4 Å². The number of amides is 1. The average Bonchev–Trinajstić information content (AvgIpc) is 3.51. The molecule has 0 radical (unpaired) electrons. The predicted molar refractivity (Wildman–Crippen MR) is 338 cm³/mol. The molecule has 0 aromatic carbocycles. The predicted octanol–water partition coefficient (Wildman–Crippen LogP) is 17.0. The molecule has 472 valence electrons. The molecule has 1 heterocycles. The van der Waals surface area contributed by atoms with Crippen molar-refractivity contribution in [3.05, 3.63) is 60.8 Å². The molecule has 1 amide bonds. The van der Waals surface area contributed by atoms with Crippen molar-refractivity contribution in [3.63, 3.8) is 0 Å². The lowest BCUT2D eigenvalue weighted by Crippen LogP contribution is -2.60. The number of aliphatic hydroxyl groups excluding tert-OH is 5. The molecule has 0 spiro atoms. The fraction of sp³-hybridized carbons (Fsp3) is 0.829. The third kappa shape index (κ3) is 48.3. The van der Waals surface area contributed by atoms with E-state index in [1.807, 2.05) is 6.08 Å². The van der Waals surface area contributed by atoms with Crippen LogP contribution in [0.1, 0.15) is 309 Å². The highest BCUT2D eigenvalue weighted by Gasteiger charge is 2.44. The number of esters is 1. The molecule has 6 N–H and O–H groups in total. The average molecular weight is 1140 g/mol. The van der Waals surface area contributed by atoms with Crippen molar-refractivity contribution < 1.29 is 49.3 Å². The van der Waals surface area contributed by atoms with Gasteiger partial charge in [-0.05, 0) is 83.5 Å². The van der Waals surface area contributed by atoms with Crippen molar-refractivity contribution in [3.8, 4) is 0 Å². The van der Waals surface area contributed by atoms with Gasteiger partial charge in [0.1, 0.15) is 24.4 Å². The van der Waals surface area contributed by atoms with E-state index in [2.05, 4.69) is 67.8 Å². The van der Waals surface area contributed by atoms with Gasteiger partial charge in [0, 0.05) is 12.8 Å². The Morgan fingerprint density at radius 2 is 0.877 bits per heavy atom. The highest BCUT2D eigenvalue weighted by molar-refractivity contribution is 5.76. The number of carbonyl (C=O) groups excluding carboxylic acids is 2. The van der Waals surface area contributed by atoms with E-state index in [4.69, 9.17) is 14.2 Å². The Bertz CT molecular complexity index is 1530. The zero-order chi connectivity index (χ0) is 58.7. The van der Waals surface area contributed by atoms with Gasteiger partial charge in [-0.25, -0.2) is 0 Å². The van der Waals surface area contributed by atoms with Crippen molar-refractivity contribution in [1.29, 1.82) is 0 Å². The van der Waals surface area contributed by atoms with Gasteiger partial charge in [-0.15, -0.1) is 0 Å². The summed E-state index contributed by atoms with van der Waals surface area (Å²) >= 11 is 0. The number of nitrogens with one attached hydrogen (secondary N) is 1. The summed E-state index contributed by atoms with van der Waals surface area (Å²) in [5.74, 6) is -0.195. The third-order valence-electron chi connectivity index (χ3n) is 15.8. The monoisotopic (exact) mass is 1140 g/mol. The van der Waals surface area contributed by atoms with Crippen LogP contribution in [0.3, 0.4) is 0 Å². The van der Waals surface area contributed by atoms with Crippen molar-refractivity contribution in [1.82, 2.24) is 5.32 Å². The van der Waals surface area contributed by atoms with Gasteiger partial charge in [-0.3, -0.25) is 9.59 Å². The van der Waals surface area contributed by atoms with Crippen LogP contribution in [-0.4, -0.2) is 100 Å². The molecule has 7 atom stereocenters. The fourth-order valence-electron chi connectivity index (χ4n) is 10.5. The van der Waals surface area contributed by atoms with Gasteiger partial charge in [-0.2, -0.15) is 0 Å². The summed E-state index contributed by atoms with van der Waals surface area (Å²) in [7, 11) is 0. The molecule has 0 bridgehead atoms. The summed E-state index contributed by atoms with van der Waals surface area (Å²) in [6.07, 6.45) is 68.0. The van der Waals surface area contributed by atoms with Crippen LogP contribution < -0.4 is 5.32 Å². The van der Waals surface area contributed by atoms with E-state index in [9.17, 15) is 35.1 Å². The first-order chi connectivity index (χ1) is 39.7. The topological polar surface area (TPSA) is 175 Å². The maximum absolute atomic E-state index is 13.0. The Hall–Kier alpha value is -2.64. The Balaban J connectivity index is 1.96. The van der Waals surface area contributed by atoms with Crippen LogP contribution in [0.2, 0.25) is 0 Å². The lowest BCUT2D eigenvalue weighted by molar-refractivity contribution is -0.302. The molecular weight excluding hydrogens is 1010 g/mol. The van der Waals surface area contributed by atoms with Crippen molar-refractivity contribution in [2.24, 2.45) is 0 Å². The molecule has 81 heavy (non-hydrogen) atoms. The largest absolute Gasteiger partial charge is 0.466 e. The van der Waals surface area contributed by atoms with Gasteiger partial charge in [-0.1, -0.05) is 274 Å². The van der Waals surface area contributed by atoms with E-state index in [1.165, 1.54) is 205 Å². The lowest BCUT2D eigenvalue weighted by atomic mass is 9.99. The van der Waals surface area contributed by atoms with Crippen LogP contribution >= 0.6 is 0 Å². The highest BCUT2D eigenvalue weighted by atomic mass is 16.7. The van der Waals surface area contributed by atoms with Crippen LogP contribution in [0.5, 0.6) is 0 Å². The van der Waals surface area contributed by atoms with E-state index in [-0.39, 0.29) is 18.5 Å². The Labute approximate surface area is 497 Å². The van der Waals surface area contributed by atoms with Crippen molar-refractivity contribution >= 4 is 11.9 Å². The zero-order valence-corrected chi connectivity index (χ0v) is 52.2. The summed E-state index contributed by atoms with van der Waals surface area (Å²) in [4.78, 5) is 25.1. The van der Waals surface area contributed by atoms with E-state index in [0.717, 1.165) is 77.0 Å². The van der Waals surface area contributed by atoms with Gasteiger partial charge in [0.25, 0.3) is 0 Å². The molecular formula is C70H127NO10. The molecule has 1 rings (SSSR count). The third-order valence-corrected chi connectivity index (χ3v) is 15.8. The SMILES string of the molecule is CC/C=C/CC/C=C/CC/C=C/C(O)C(COC1OC(CO)C(O)C(O)C1O)NC(=O)CCCCCCCCCCCCCCC/C=C\C/C=C\CCCCCCCCCCCOC(=O)CCCCCCCCCCCCCCCC. The molecule has 0 aromatic heterocycles. The van der Waals surface area contributed by atoms with E-state index in [1.54, 1.807) is 6.08 Å². The first-order valence-corrected chi connectivity index (χ1v) is 34.1. The molecule has 1 saturated heterocycles. The lowest BCUT2D eigenvalue weighted by Gasteiger charge is -2.40. The number of rotatable bonds is 59. The number of carbonyl (C=O) groups is 2. The number of allylic oxidation sites excluding steroid dienone is 9. The van der Waals surface area contributed by atoms with Crippen LogP contribution in [0.25, 0.3) is 0 Å². The normalized spacial score (nSPS) is 18.6. The van der Waals surface area contributed by atoms with E-state index < -0.39 is 49.5 Å². The van der Waals surface area contributed by atoms with Crippen molar-refractivity contribution in [2.75, 3.05) is 19.8 Å². The van der Waals surface area contributed by atoms with Crippen molar-refractivity contribution in [2.45, 2.75) is 352 Å². The minimum Gasteiger partial charge on any atom is -0.466 e. The van der Waals surface area contributed by atoms with Gasteiger partial charge in [0.2, 0.25) is 5.91 Å². The fourth-order valence-corrected chi connectivity index (χ4v) is 10.5. The number of aliphatic hydroxyl groups is 5. The molecule has 0 aliphatic carbocycles. The first kappa shape index (κ1) is 76.4. The second-order valence-electron chi connectivity index (χ2n) is 23.5. The molecule has 1 aliphatic heterocycles. The second-order valence-corrected chi connectivity index (χ2v) is 23.5. The van der Waals surface area contributed by atoms with Gasteiger partial charge >= 0.3 is 5.97 Å². The number of ether oxygens (including phenoxy) is 3.